The summed E-state index contributed by atoms with van der Waals surface area (Å²) in [5, 5.41) is 18.2. The average molecular weight is 479 g/mol. The van der Waals surface area contributed by atoms with Crippen LogP contribution in [0.4, 0.5) is 0 Å². The molecule has 1 rings (SSSR count). The molecule has 0 heterocycles. The summed E-state index contributed by atoms with van der Waals surface area (Å²) in [7, 11) is -3.74. The number of allylic oxidation sites excluding steroid dienone is 2. The Morgan fingerprint density at radius 3 is 2.15 bits per heavy atom. The highest BCUT2D eigenvalue weighted by molar-refractivity contribution is 7.91. The first-order chi connectivity index (χ1) is 15.5. The van der Waals surface area contributed by atoms with Crippen molar-refractivity contribution in [2.24, 2.45) is 0 Å². The van der Waals surface area contributed by atoms with E-state index >= 15 is 0 Å². The summed E-state index contributed by atoms with van der Waals surface area (Å²) in [6.07, 6.45) is 3.29. The van der Waals surface area contributed by atoms with Crippen LogP contribution in [0.3, 0.4) is 0 Å². The minimum atomic E-state index is -3.74. The molecule has 8 nitrogen and oxygen atoms in total. The highest BCUT2D eigenvalue weighted by atomic mass is 32.2. The van der Waals surface area contributed by atoms with Crippen molar-refractivity contribution in [1.29, 1.82) is 0 Å². The number of aliphatic carboxylic acids is 1. The fourth-order valence-corrected chi connectivity index (χ4v) is 3.89. The van der Waals surface area contributed by atoms with Crippen molar-refractivity contribution in [2.75, 3.05) is 12.4 Å². The van der Waals surface area contributed by atoms with Gasteiger partial charge in [-0.25, -0.2) is 22.8 Å². The molecule has 0 saturated heterocycles. The van der Waals surface area contributed by atoms with E-state index in [1.807, 2.05) is 6.92 Å². The molecule has 0 aliphatic carbocycles. The third-order valence-corrected chi connectivity index (χ3v) is 6.53. The summed E-state index contributed by atoms with van der Waals surface area (Å²) in [6.45, 7) is 6.90. The summed E-state index contributed by atoms with van der Waals surface area (Å²) in [5.74, 6) is -3.65. The molecule has 0 aromatic heterocycles. The monoisotopic (exact) mass is 478 g/mol. The van der Waals surface area contributed by atoms with Crippen molar-refractivity contribution in [3.63, 3.8) is 0 Å². The van der Waals surface area contributed by atoms with E-state index in [1.54, 1.807) is 19.1 Å². The van der Waals surface area contributed by atoms with Crippen molar-refractivity contribution < 1.29 is 37.8 Å². The summed E-state index contributed by atoms with van der Waals surface area (Å²) in [6, 6.07) is 6.23. The molecule has 1 aromatic carbocycles. The summed E-state index contributed by atoms with van der Waals surface area (Å²) >= 11 is 0. The normalized spacial score (nSPS) is 12.3. The first-order valence-electron chi connectivity index (χ1n) is 10.5. The molecule has 2 N–H and O–H groups in total. The van der Waals surface area contributed by atoms with Gasteiger partial charge in [-0.3, -0.25) is 0 Å². The molecule has 0 fully saturated rings. The van der Waals surface area contributed by atoms with Crippen LogP contribution in [0.1, 0.15) is 44.6 Å². The summed E-state index contributed by atoms with van der Waals surface area (Å²) < 4.78 is 30.1. The second-order valence-corrected chi connectivity index (χ2v) is 9.49. The molecule has 1 aromatic rings. The highest BCUT2D eigenvalue weighted by Gasteiger charge is 2.21. The van der Waals surface area contributed by atoms with E-state index in [1.165, 1.54) is 18.2 Å². The van der Waals surface area contributed by atoms with Crippen LogP contribution in [-0.2, 0) is 29.0 Å². The van der Waals surface area contributed by atoms with Crippen molar-refractivity contribution in [1.82, 2.24) is 0 Å². The van der Waals surface area contributed by atoms with Crippen LogP contribution in [0.2, 0.25) is 0 Å². The zero-order valence-corrected chi connectivity index (χ0v) is 19.7. The molecule has 0 radical (unpaired) electrons. The minimum absolute atomic E-state index is 0.0283. The van der Waals surface area contributed by atoms with Crippen LogP contribution in [0.15, 0.2) is 64.6 Å². The van der Waals surface area contributed by atoms with Crippen molar-refractivity contribution in [3.05, 3.63) is 65.3 Å². The number of carboxylic acid groups (broad SMARTS) is 1. The second kappa shape index (κ2) is 13.5. The quantitative estimate of drug-likeness (QED) is 0.145. The summed E-state index contributed by atoms with van der Waals surface area (Å²) in [4.78, 5) is 36.1. The zero-order chi connectivity index (χ0) is 25.0. The first kappa shape index (κ1) is 28.0. The predicted molar refractivity (Wildman–Crippen MR) is 123 cm³/mol. The number of hydrogen-bond donors (Lipinski definition) is 2. The van der Waals surface area contributed by atoms with Crippen LogP contribution in [0.5, 0.6) is 0 Å². The van der Waals surface area contributed by atoms with Gasteiger partial charge in [0, 0.05) is 23.3 Å². The maximum Gasteiger partial charge on any atom is 0.341 e. The van der Waals surface area contributed by atoms with Gasteiger partial charge in [0.2, 0.25) is 0 Å². The number of aryl methyl sites for hydroxylation is 1. The zero-order valence-electron chi connectivity index (χ0n) is 18.9. The number of rotatable bonds is 13. The van der Waals surface area contributed by atoms with E-state index < -0.39 is 33.5 Å². The molecule has 0 atom stereocenters. The van der Waals surface area contributed by atoms with Gasteiger partial charge in [-0.1, -0.05) is 43.4 Å². The smallest absolute Gasteiger partial charge is 0.341 e. The van der Waals surface area contributed by atoms with Gasteiger partial charge in [0.1, 0.15) is 0 Å². The molecule has 0 aliphatic heterocycles. The number of unbranched alkanes of at least 4 members (excludes halogenated alkanes) is 1. The van der Waals surface area contributed by atoms with Crippen LogP contribution < -0.4 is 0 Å². The Morgan fingerprint density at radius 1 is 1.00 bits per heavy atom. The van der Waals surface area contributed by atoms with E-state index in [9.17, 15) is 27.9 Å². The lowest BCUT2D eigenvalue weighted by atomic mass is 10.1. The van der Waals surface area contributed by atoms with Crippen LogP contribution in [-0.4, -0.2) is 48.9 Å². The molecule has 0 unspecified atom stereocenters. The molecular weight excluding hydrogens is 448 g/mol. The van der Waals surface area contributed by atoms with Crippen LogP contribution in [0.25, 0.3) is 0 Å². The number of ether oxygens (including phenoxy) is 1. The Balaban J connectivity index is 3.18. The lowest BCUT2D eigenvalue weighted by molar-refractivity contribution is -0.154. The Kier molecular flexibility index (Phi) is 11.4. The van der Waals surface area contributed by atoms with Crippen molar-refractivity contribution in [2.45, 2.75) is 50.8 Å². The van der Waals surface area contributed by atoms with Gasteiger partial charge in [-0.15, -0.1) is 0 Å². The maximum absolute atomic E-state index is 12.7. The SMILES string of the molecule is C=C(CC)C(=O)OC(=O)C(=CC=C(CCCCO)C(=O)O)CCS(=O)(=O)c1ccc(C)cc1. The van der Waals surface area contributed by atoms with Gasteiger partial charge in [0.05, 0.1) is 10.6 Å². The third kappa shape index (κ3) is 9.55. The number of benzene rings is 1. The maximum atomic E-state index is 12.7. The lowest BCUT2D eigenvalue weighted by Crippen LogP contribution is -2.18. The second-order valence-electron chi connectivity index (χ2n) is 7.39. The summed E-state index contributed by atoms with van der Waals surface area (Å²) in [5.41, 5.74) is 0.768. The standard InChI is InChI=1S/C24H30O8S/c1-4-18(3)23(28)32-24(29)20(11-10-19(22(26)27)7-5-6-15-25)14-16-33(30,31)21-12-8-17(2)9-13-21/h8-13,25H,3-7,14-16H2,1-2H3,(H,26,27). The van der Waals surface area contributed by atoms with Crippen molar-refractivity contribution >= 4 is 27.7 Å². The number of carbonyl (C=O) groups is 3. The molecule has 180 valence electrons. The van der Waals surface area contributed by atoms with Gasteiger partial charge in [-0.2, -0.15) is 0 Å². The minimum Gasteiger partial charge on any atom is -0.478 e. The van der Waals surface area contributed by atoms with Crippen molar-refractivity contribution in [3.8, 4) is 0 Å². The largest absolute Gasteiger partial charge is 0.478 e. The molecule has 0 aliphatic rings. The van der Waals surface area contributed by atoms with Gasteiger partial charge in [0.15, 0.2) is 9.84 Å². The molecule has 33 heavy (non-hydrogen) atoms. The first-order valence-corrected chi connectivity index (χ1v) is 12.1. The number of carbonyl (C=O) groups excluding carboxylic acids is 2. The van der Waals surface area contributed by atoms with E-state index in [4.69, 9.17) is 9.84 Å². The van der Waals surface area contributed by atoms with E-state index in [0.29, 0.717) is 12.8 Å². The average Bonchev–Trinajstić information content (AvgIpc) is 2.77. The van der Waals surface area contributed by atoms with E-state index in [0.717, 1.165) is 11.6 Å². The van der Waals surface area contributed by atoms with E-state index in [-0.39, 0.29) is 47.5 Å². The Hall–Kier alpha value is -3.04. The molecule has 0 bridgehead atoms. The highest BCUT2D eigenvalue weighted by Crippen LogP contribution is 2.18. The Bertz CT molecular complexity index is 1030. The fraction of sp³-hybridized carbons (Fsp3) is 0.375. The molecular formula is C24H30O8S. The molecule has 9 heteroatoms. The Labute approximate surface area is 194 Å². The number of carboxylic acids is 1. The van der Waals surface area contributed by atoms with E-state index in [2.05, 4.69) is 6.58 Å². The number of aliphatic hydroxyl groups excluding tert-OH is 1. The van der Waals surface area contributed by atoms with Gasteiger partial charge in [-0.05, 0) is 51.2 Å². The third-order valence-electron chi connectivity index (χ3n) is 4.80. The topological polar surface area (TPSA) is 135 Å². The fourth-order valence-electron chi connectivity index (χ4n) is 2.62. The number of sulfone groups is 1. The van der Waals surface area contributed by atoms with Crippen LogP contribution in [0, 0.1) is 6.92 Å². The molecule has 0 spiro atoms. The van der Waals surface area contributed by atoms with Gasteiger partial charge in [0.25, 0.3) is 0 Å². The van der Waals surface area contributed by atoms with Gasteiger partial charge >= 0.3 is 17.9 Å². The number of esters is 2. The van der Waals surface area contributed by atoms with Gasteiger partial charge < -0.3 is 14.9 Å². The molecule has 0 amide bonds. The number of hydrogen-bond acceptors (Lipinski definition) is 7. The Morgan fingerprint density at radius 2 is 1.61 bits per heavy atom. The number of aliphatic hydroxyl groups is 1. The lowest BCUT2D eigenvalue weighted by Gasteiger charge is -2.09. The molecule has 0 saturated carbocycles. The van der Waals surface area contributed by atoms with Crippen LogP contribution >= 0.6 is 0 Å². The predicted octanol–water partition coefficient (Wildman–Crippen LogP) is 3.29.